The molecule has 0 N–H and O–H groups in total. The van der Waals surface area contributed by atoms with Gasteiger partial charge in [-0.1, -0.05) is 0 Å². The number of halogens is 2. The molecular weight excluding hydrogens is 400 g/mol. The molecule has 0 atom stereocenters. The fraction of sp³-hybridized carbons (Fsp3) is 0.200. The highest BCUT2D eigenvalue weighted by molar-refractivity contribution is 5.95. The summed E-state index contributed by atoms with van der Waals surface area (Å²) in [6, 6.07) is 10.4. The van der Waals surface area contributed by atoms with Gasteiger partial charge in [-0.3, -0.25) is 9.59 Å². The summed E-state index contributed by atoms with van der Waals surface area (Å²) in [6.07, 6.45) is 0. The third kappa shape index (κ3) is 4.96. The molecule has 1 aromatic heterocycles. The highest BCUT2D eigenvalue weighted by atomic mass is 19.1. The molecule has 1 amide bonds. The van der Waals surface area contributed by atoms with E-state index in [-0.39, 0.29) is 12.4 Å². The van der Waals surface area contributed by atoms with E-state index in [0.29, 0.717) is 11.3 Å². The molecule has 0 saturated heterocycles. The largest absolute Gasteiger partial charge is 0.454 e. The number of nitrogens with zero attached hydrogens (tertiary/aromatic N) is 3. The first kappa shape index (κ1) is 20.9. The fourth-order valence-electron chi connectivity index (χ4n) is 2.63. The van der Waals surface area contributed by atoms with Crippen LogP contribution in [-0.4, -0.2) is 34.8 Å². The Hall–Kier alpha value is -3.82. The molecule has 0 bridgehead atoms. The van der Waals surface area contributed by atoms with Crippen molar-refractivity contribution in [2.75, 3.05) is 18.1 Å². The molecule has 0 aliphatic rings. The number of likely N-dealkylation sites (N-methyl/N-ethyl adjacent to an activating group) is 1. The molecule has 10 heteroatoms. The number of anilines is 1. The van der Waals surface area contributed by atoms with Crippen LogP contribution >= 0.6 is 0 Å². The summed E-state index contributed by atoms with van der Waals surface area (Å²) in [7, 11) is 0. The Bertz CT molecular complexity index is 1090. The van der Waals surface area contributed by atoms with E-state index in [1.54, 1.807) is 6.92 Å². The first-order valence-electron chi connectivity index (χ1n) is 8.93. The average Bonchev–Trinajstić information content (AvgIpc) is 3.09. The monoisotopic (exact) mass is 417 g/mol. The maximum atomic E-state index is 13.0. The predicted molar refractivity (Wildman–Crippen MR) is 102 cm³/mol. The quantitative estimate of drug-likeness (QED) is 0.548. The van der Waals surface area contributed by atoms with Crippen LogP contribution in [0.3, 0.4) is 0 Å². The number of benzene rings is 2. The lowest BCUT2D eigenvalue weighted by atomic mass is 10.2. The molecule has 3 rings (SSSR count). The topological polar surface area (TPSA) is 94.6 Å². The molecule has 8 nitrogen and oxygen atoms in total. The molecule has 2 aromatic carbocycles. The van der Waals surface area contributed by atoms with Gasteiger partial charge in [-0.15, -0.1) is 5.10 Å². The van der Waals surface area contributed by atoms with Crippen LogP contribution in [0.15, 0.2) is 57.7 Å². The number of hydrogen-bond donors (Lipinski definition) is 0. The smallest absolute Gasteiger partial charge is 0.437 e. The molecule has 0 aliphatic carbocycles. The van der Waals surface area contributed by atoms with Gasteiger partial charge in [-0.2, -0.15) is 4.68 Å². The lowest BCUT2D eigenvalue weighted by Gasteiger charge is -2.20. The van der Waals surface area contributed by atoms with Crippen molar-refractivity contribution in [3.63, 3.8) is 0 Å². The Morgan fingerprint density at radius 3 is 2.27 bits per heavy atom. The Kier molecular flexibility index (Phi) is 6.35. The van der Waals surface area contributed by atoms with E-state index in [2.05, 4.69) is 5.10 Å². The molecule has 156 valence electrons. The third-order valence-electron chi connectivity index (χ3n) is 4.09. The maximum absolute atomic E-state index is 13.0. The summed E-state index contributed by atoms with van der Waals surface area (Å²) in [5.41, 5.74) is 0.810. The van der Waals surface area contributed by atoms with Gasteiger partial charge in [0.15, 0.2) is 6.61 Å². The molecule has 0 spiro atoms. The van der Waals surface area contributed by atoms with Crippen LogP contribution in [-0.2, 0) is 20.9 Å². The number of hydrogen-bond acceptors (Lipinski definition) is 6. The number of ether oxygens (including phenoxy) is 1. The fourth-order valence-corrected chi connectivity index (χ4v) is 2.63. The Balaban J connectivity index is 1.60. The predicted octanol–water partition coefficient (Wildman–Crippen LogP) is 2.38. The number of carbonyl (C=O) groups excluding carboxylic acids is 2. The summed E-state index contributed by atoms with van der Waals surface area (Å²) in [5.74, 6) is -3.28. The minimum atomic E-state index is -0.904. The summed E-state index contributed by atoms with van der Waals surface area (Å²) in [6.45, 7) is 0.863. The molecule has 1 heterocycles. The van der Waals surface area contributed by atoms with Crippen molar-refractivity contribution >= 4 is 17.6 Å². The Morgan fingerprint density at radius 2 is 1.67 bits per heavy atom. The highest BCUT2D eigenvalue weighted by Gasteiger charge is 2.18. The molecule has 0 aliphatic heterocycles. The molecule has 0 saturated carbocycles. The van der Waals surface area contributed by atoms with E-state index >= 15 is 0 Å². The zero-order valence-electron chi connectivity index (χ0n) is 15.9. The minimum absolute atomic E-state index is 0.0858. The van der Waals surface area contributed by atoms with Crippen molar-refractivity contribution in [3.8, 4) is 11.5 Å². The van der Waals surface area contributed by atoms with Crippen LogP contribution in [0.25, 0.3) is 11.5 Å². The van der Waals surface area contributed by atoms with Crippen molar-refractivity contribution in [1.82, 2.24) is 9.78 Å². The van der Waals surface area contributed by atoms with Crippen molar-refractivity contribution in [2.45, 2.75) is 13.5 Å². The van der Waals surface area contributed by atoms with Gasteiger partial charge >= 0.3 is 11.7 Å². The van der Waals surface area contributed by atoms with Crippen LogP contribution < -0.4 is 10.7 Å². The Morgan fingerprint density at radius 1 is 1.07 bits per heavy atom. The highest BCUT2D eigenvalue weighted by Crippen LogP contribution is 2.16. The van der Waals surface area contributed by atoms with E-state index in [4.69, 9.17) is 9.15 Å². The first-order chi connectivity index (χ1) is 14.4. The summed E-state index contributed by atoms with van der Waals surface area (Å²) in [4.78, 5) is 37.5. The SMILES string of the molecule is CCN(C(=O)COC(=O)Cn1nc(-c2ccc(F)cc2)oc1=O)c1ccc(F)cc1. The van der Waals surface area contributed by atoms with E-state index < -0.39 is 42.4 Å². The first-order valence-corrected chi connectivity index (χ1v) is 8.93. The lowest BCUT2D eigenvalue weighted by molar-refractivity contribution is -0.148. The molecule has 3 aromatic rings. The summed E-state index contributed by atoms with van der Waals surface area (Å²) < 4.78 is 36.7. The molecule has 30 heavy (non-hydrogen) atoms. The number of carbonyl (C=O) groups is 2. The number of aromatic nitrogens is 2. The van der Waals surface area contributed by atoms with Crippen LogP contribution in [0.1, 0.15) is 6.92 Å². The van der Waals surface area contributed by atoms with Crippen LogP contribution in [0, 0.1) is 11.6 Å². The van der Waals surface area contributed by atoms with Gasteiger partial charge in [0.1, 0.15) is 18.2 Å². The third-order valence-corrected chi connectivity index (χ3v) is 4.09. The zero-order valence-corrected chi connectivity index (χ0v) is 15.9. The van der Waals surface area contributed by atoms with Crippen LogP contribution in [0.2, 0.25) is 0 Å². The second kappa shape index (κ2) is 9.12. The van der Waals surface area contributed by atoms with Crippen LogP contribution in [0.4, 0.5) is 14.5 Å². The van der Waals surface area contributed by atoms with E-state index in [1.165, 1.54) is 53.4 Å². The van der Waals surface area contributed by atoms with E-state index in [0.717, 1.165) is 4.68 Å². The Labute approximate surface area is 169 Å². The number of rotatable bonds is 7. The molecule has 0 radical (unpaired) electrons. The number of esters is 1. The van der Waals surface area contributed by atoms with Gasteiger partial charge in [0, 0.05) is 17.8 Å². The van der Waals surface area contributed by atoms with Gasteiger partial charge in [0.2, 0.25) is 5.89 Å². The van der Waals surface area contributed by atoms with Crippen molar-refractivity contribution in [2.24, 2.45) is 0 Å². The van der Waals surface area contributed by atoms with Crippen molar-refractivity contribution in [3.05, 3.63) is 70.7 Å². The minimum Gasteiger partial charge on any atom is -0.454 e. The van der Waals surface area contributed by atoms with Gasteiger partial charge in [0.05, 0.1) is 0 Å². The van der Waals surface area contributed by atoms with Gasteiger partial charge < -0.3 is 14.1 Å². The normalized spacial score (nSPS) is 10.6. The summed E-state index contributed by atoms with van der Waals surface area (Å²) in [5, 5.41) is 3.87. The van der Waals surface area contributed by atoms with Gasteiger partial charge in [0.25, 0.3) is 5.91 Å². The van der Waals surface area contributed by atoms with E-state index in [1.807, 2.05) is 0 Å². The summed E-state index contributed by atoms with van der Waals surface area (Å²) >= 11 is 0. The second-order valence-corrected chi connectivity index (χ2v) is 6.11. The molecule has 0 fully saturated rings. The van der Waals surface area contributed by atoms with Crippen molar-refractivity contribution in [1.29, 1.82) is 0 Å². The zero-order chi connectivity index (χ0) is 21.7. The van der Waals surface area contributed by atoms with Gasteiger partial charge in [-0.05, 0) is 55.5 Å². The second-order valence-electron chi connectivity index (χ2n) is 6.11. The molecule has 0 unspecified atom stereocenters. The number of amides is 1. The molecular formula is C20H17F2N3O5. The lowest BCUT2D eigenvalue weighted by Crippen LogP contribution is -2.35. The maximum Gasteiger partial charge on any atom is 0.437 e. The average molecular weight is 417 g/mol. The standard InChI is InChI=1S/C20H17F2N3O5/c1-2-24(16-9-7-15(22)8-10-16)17(26)12-29-18(27)11-25-20(28)30-19(23-25)13-3-5-14(21)6-4-13/h3-10H,2,11-12H2,1H3. The van der Waals surface area contributed by atoms with Crippen LogP contribution in [0.5, 0.6) is 0 Å². The van der Waals surface area contributed by atoms with E-state index in [9.17, 15) is 23.2 Å². The van der Waals surface area contributed by atoms with Crippen molar-refractivity contribution < 1.29 is 27.5 Å². The van der Waals surface area contributed by atoms with Gasteiger partial charge in [-0.25, -0.2) is 13.6 Å².